The summed E-state index contributed by atoms with van der Waals surface area (Å²) in [6.45, 7) is 2.82. The lowest BCUT2D eigenvalue weighted by atomic mass is 10.1. The predicted molar refractivity (Wildman–Crippen MR) is 51.2 cm³/mol. The number of rotatable bonds is 3. The highest BCUT2D eigenvalue weighted by Gasteiger charge is 2.22. The van der Waals surface area contributed by atoms with Crippen LogP contribution in [0.2, 0.25) is 5.02 Å². The molecule has 1 aromatic carbocycles. The summed E-state index contributed by atoms with van der Waals surface area (Å²) < 4.78 is 5.20. The Kier molecular flexibility index (Phi) is 3.01. The minimum absolute atomic E-state index is 0.336. The van der Waals surface area contributed by atoms with E-state index < -0.39 is 11.6 Å². The second-order valence-corrected chi connectivity index (χ2v) is 3.74. The van der Waals surface area contributed by atoms with E-state index in [1.165, 1.54) is 13.8 Å². The van der Waals surface area contributed by atoms with Gasteiger partial charge in [0.2, 0.25) is 0 Å². The van der Waals surface area contributed by atoms with Gasteiger partial charge in [-0.3, -0.25) is 0 Å². The van der Waals surface area contributed by atoms with Gasteiger partial charge in [-0.25, -0.2) is 0 Å². The largest absolute Gasteiger partial charge is 0.546 e. The van der Waals surface area contributed by atoms with E-state index in [1.54, 1.807) is 24.3 Å². The average molecular weight is 214 g/mol. The molecule has 0 aromatic heterocycles. The number of para-hydroxylation sites is 1. The first-order valence-corrected chi connectivity index (χ1v) is 4.46. The summed E-state index contributed by atoms with van der Waals surface area (Å²) in [6.07, 6.45) is 0. The van der Waals surface area contributed by atoms with Crippen molar-refractivity contribution in [2.24, 2.45) is 0 Å². The Balaban J connectivity index is 2.89. The second-order valence-electron chi connectivity index (χ2n) is 3.33. The minimum Gasteiger partial charge on any atom is -0.546 e. The first-order valence-electron chi connectivity index (χ1n) is 4.08. The molecule has 0 aliphatic rings. The van der Waals surface area contributed by atoms with E-state index in [4.69, 9.17) is 16.3 Å². The normalized spacial score (nSPS) is 11.1. The van der Waals surface area contributed by atoms with Crippen LogP contribution in [0.5, 0.6) is 5.75 Å². The van der Waals surface area contributed by atoms with Crippen molar-refractivity contribution in [3.05, 3.63) is 29.3 Å². The second kappa shape index (κ2) is 3.88. The van der Waals surface area contributed by atoms with E-state index >= 15 is 0 Å². The number of ether oxygens (including phenoxy) is 1. The van der Waals surface area contributed by atoms with Gasteiger partial charge in [0.15, 0.2) is 0 Å². The fourth-order valence-electron chi connectivity index (χ4n) is 0.844. The number of carboxylic acids is 1. The van der Waals surface area contributed by atoms with Crippen LogP contribution in [0.15, 0.2) is 24.3 Å². The zero-order valence-corrected chi connectivity index (χ0v) is 8.67. The molecule has 1 rings (SSSR count). The Morgan fingerprint density at radius 2 is 2.00 bits per heavy atom. The van der Waals surface area contributed by atoms with Gasteiger partial charge in [-0.05, 0) is 26.0 Å². The smallest absolute Gasteiger partial charge is 0.143 e. The molecule has 0 bridgehead atoms. The van der Waals surface area contributed by atoms with Crippen molar-refractivity contribution in [1.29, 1.82) is 0 Å². The van der Waals surface area contributed by atoms with Crippen LogP contribution < -0.4 is 9.84 Å². The van der Waals surface area contributed by atoms with Crippen molar-refractivity contribution in [2.45, 2.75) is 19.4 Å². The molecule has 0 aliphatic heterocycles. The number of carbonyl (C=O) groups is 1. The number of benzene rings is 1. The van der Waals surface area contributed by atoms with Crippen LogP contribution in [0.3, 0.4) is 0 Å². The molecule has 0 amide bonds. The Labute approximate surface area is 87.3 Å². The van der Waals surface area contributed by atoms with E-state index in [2.05, 4.69) is 0 Å². The van der Waals surface area contributed by atoms with Crippen LogP contribution in [0.25, 0.3) is 0 Å². The molecule has 0 atom stereocenters. The Morgan fingerprint density at radius 1 is 1.43 bits per heavy atom. The fourth-order valence-corrected chi connectivity index (χ4v) is 1.02. The molecule has 0 radical (unpaired) electrons. The van der Waals surface area contributed by atoms with Crippen LogP contribution in [0, 0.1) is 0 Å². The Morgan fingerprint density at radius 3 is 2.50 bits per heavy atom. The molecule has 0 saturated carbocycles. The van der Waals surface area contributed by atoms with Gasteiger partial charge in [-0.1, -0.05) is 23.7 Å². The van der Waals surface area contributed by atoms with Gasteiger partial charge >= 0.3 is 0 Å². The maximum atomic E-state index is 10.7. The van der Waals surface area contributed by atoms with Crippen molar-refractivity contribution in [1.82, 2.24) is 0 Å². The number of hydrogen-bond donors (Lipinski definition) is 0. The van der Waals surface area contributed by atoms with Crippen LogP contribution >= 0.6 is 11.6 Å². The zero-order chi connectivity index (χ0) is 10.8. The molecule has 3 nitrogen and oxygen atoms in total. The molecular formula is C10H10ClO3-. The number of carbonyl (C=O) groups excluding carboxylic acids is 1. The van der Waals surface area contributed by atoms with Gasteiger partial charge in [0.1, 0.15) is 11.4 Å². The third-order valence-electron chi connectivity index (χ3n) is 1.69. The van der Waals surface area contributed by atoms with Crippen molar-refractivity contribution < 1.29 is 14.6 Å². The minimum atomic E-state index is -1.38. The van der Waals surface area contributed by atoms with Gasteiger partial charge < -0.3 is 14.6 Å². The molecule has 0 N–H and O–H groups in total. The average Bonchev–Trinajstić information content (AvgIpc) is 2.08. The summed E-state index contributed by atoms with van der Waals surface area (Å²) in [4.78, 5) is 10.7. The van der Waals surface area contributed by atoms with E-state index in [0.717, 1.165) is 0 Å². The van der Waals surface area contributed by atoms with E-state index in [0.29, 0.717) is 10.8 Å². The summed E-state index contributed by atoms with van der Waals surface area (Å²) in [5, 5.41) is 11.0. The molecule has 14 heavy (non-hydrogen) atoms. The highest BCUT2D eigenvalue weighted by atomic mass is 35.5. The van der Waals surface area contributed by atoms with Gasteiger partial charge in [-0.15, -0.1) is 0 Å². The summed E-state index contributed by atoms with van der Waals surface area (Å²) in [6, 6.07) is 6.68. The zero-order valence-electron chi connectivity index (χ0n) is 7.91. The first-order chi connectivity index (χ1) is 6.43. The van der Waals surface area contributed by atoms with Gasteiger partial charge in [0, 0.05) is 0 Å². The monoisotopic (exact) mass is 213 g/mol. The highest BCUT2D eigenvalue weighted by molar-refractivity contribution is 6.32. The van der Waals surface area contributed by atoms with Crippen molar-refractivity contribution >= 4 is 17.6 Å². The maximum absolute atomic E-state index is 10.7. The van der Waals surface area contributed by atoms with Crippen LogP contribution in [-0.2, 0) is 4.79 Å². The van der Waals surface area contributed by atoms with Crippen LogP contribution in [0.1, 0.15) is 13.8 Å². The predicted octanol–water partition coefficient (Wildman–Crippen LogP) is 1.25. The van der Waals surface area contributed by atoms with Crippen molar-refractivity contribution in [3.63, 3.8) is 0 Å². The molecule has 0 aliphatic carbocycles. The third-order valence-corrected chi connectivity index (χ3v) is 2.01. The molecule has 0 saturated heterocycles. The Bertz CT molecular complexity index is 347. The molecular weight excluding hydrogens is 204 g/mol. The lowest BCUT2D eigenvalue weighted by Gasteiger charge is -2.27. The topological polar surface area (TPSA) is 49.4 Å². The maximum Gasteiger partial charge on any atom is 0.143 e. The van der Waals surface area contributed by atoms with E-state index in [1.807, 2.05) is 0 Å². The number of hydrogen-bond acceptors (Lipinski definition) is 3. The van der Waals surface area contributed by atoms with E-state index in [9.17, 15) is 9.90 Å². The van der Waals surface area contributed by atoms with Crippen molar-refractivity contribution in [2.75, 3.05) is 0 Å². The number of halogens is 1. The summed E-state index contributed by atoms with van der Waals surface area (Å²) in [7, 11) is 0. The molecule has 0 heterocycles. The number of aliphatic carboxylic acids is 1. The molecule has 0 spiro atoms. The lowest BCUT2D eigenvalue weighted by molar-refractivity contribution is -0.320. The van der Waals surface area contributed by atoms with Crippen LogP contribution in [-0.4, -0.2) is 11.6 Å². The van der Waals surface area contributed by atoms with Gasteiger partial charge in [0.25, 0.3) is 0 Å². The highest BCUT2D eigenvalue weighted by Crippen LogP contribution is 2.26. The molecule has 76 valence electrons. The first kappa shape index (κ1) is 10.9. The molecule has 4 heteroatoms. The molecule has 1 aromatic rings. The third kappa shape index (κ3) is 2.39. The summed E-state index contributed by atoms with van der Waals surface area (Å²) in [5.41, 5.74) is -1.38. The van der Waals surface area contributed by atoms with Gasteiger partial charge in [0.05, 0.1) is 11.0 Å². The van der Waals surface area contributed by atoms with Crippen molar-refractivity contribution in [3.8, 4) is 5.75 Å². The Hall–Kier alpha value is -1.22. The molecule has 0 fully saturated rings. The number of carboxylic acid groups (broad SMARTS) is 1. The summed E-state index contributed by atoms with van der Waals surface area (Å²) in [5.74, 6) is -0.944. The fraction of sp³-hybridized carbons (Fsp3) is 0.300. The van der Waals surface area contributed by atoms with E-state index in [-0.39, 0.29) is 0 Å². The lowest BCUT2D eigenvalue weighted by Crippen LogP contribution is -2.47. The SMILES string of the molecule is CC(C)(Oc1ccccc1Cl)C(=O)[O-]. The quantitative estimate of drug-likeness (QED) is 0.759. The molecule has 0 unspecified atom stereocenters. The van der Waals surface area contributed by atoms with Crippen LogP contribution in [0.4, 0.5) is 0 Å². The standard InChI is InChI=1S/C10H11ClO3/c1-10(2,9(12)13)14-8-6-4-3-5-7(8)11/h3-6H,1-2H3,(H,12,13)/p-1. The summed E-state index contributed by atoms with van der Waals surface area (Å²) >= 11 is 5.80. The van der Waals surface area contributed by atoms with Gasteiger partial charge in [-0.2, -0.15) is 0 Å².